The summed E-state index contributed by atoms with van der Waals surface area (Å²) in [6.45, 7) is 0. The number of benzene rings is 1. The van der Waals surface area contributed by atoms with Crippen molar-refractivity contribution in [2.45, 2.75) is 6.42 Å². The molecule has 3 heteroatoms. The van der Waals surface area contributed by atoms with Gasteiger partial charge in [0.2, 0.25) is 0 Å². The van der Waals surface area contributed by atoms with Crippen LogP contribution < -0.4 is 5.01 Å². The SMILES string of the molecule is O=C=C1Cc2ccccc2N2C=CC=CN12. The van der Waals surface area contributed by atoms with Gasteiger partial charge in [0.1, 0.15) is 11.6 Å². The zero-order chi connectivity index (χ0) is 11.0. The van der Waals surface area contributed by atoms with Crippen LogP contribution in [0.5, 0.6) is 0 Å². The first-order chi connectivity index (χ1) is 7.90. The number of nitrogens with zero attached hydrogens (tertiary/aromatic N) is 2. The fourth-order valence-electron chi connectivity index (χ4n) is 2.05. The molecule has 78 valence electrons. The van der Waals surface area contributed by atoms with Crippen molar-refractivity contribution >= 4 is 11.6 Å². The molecule has 16 heavy (non-hydrogen) atoms. The van der Waals surface area contributed by atoms with Gasteiger partial charge in [0.05, 0.1) is 5.69 Å². The third kappa shape index (κ3) is 1.19. The highest BCUT2D eigenvalue weighted by Crippen LogP contribution is 2.33. The van der Waals surface area contributed by atoms with Crippen LogP contribution >= 0.6 is 0 Å². The second kappa shape index (κ2) is 3.40. The molecule has 0 aliphatic carbocycles. The maximum Gasteiger partial charge on any atom is 0.148 e. The van der Waals surface area contributed by atoms with Gasteiger partial charge in [-0.2, -0.15) is 0 Å². The normalized spacial score (nSPS) is 16.9. The summed E-state index contributed by atoms with van der Waals surface area (Å²) in [6, 6.07) is 8.07. The standard InChI is InChI=1S/C13H10N2O/c16-10-12-9-11-5-1-2-6-13(11)15-8-4-3-7-14(12)15/h1-8H,9H2. The van der Waals surface area contributed by atoms with Gasteiger partial charge in [-0.15, -0.1) is 0 Å². The minimum Gasteiger partial charge on any atom is -0.256 e. The zero-order valence-electron chi connectivity index (χ0n) is 8.63. The van der Waals surface area contributed by atoms with Crippen LogP contribution in [0.15, 0.2) is 54.5 Å². The molecular formula is C13H10N2O. The van der Waals surface area contributed by atoms with Crippen LogP contribution in [0.2, 0.25) is 0 Å². The average Bonchev–Trinajstić information content (AvgIpc) is 2.38. The van der Waals surface area contributed by atoms with Crippen molar-refractivity contribution in [3.63, 3.8) is 0 Å². The fourth-order valence-corrected chi connectivity index (χ4v) is 2.05. The van der Waals surface area contributed by atoms with Crippen molar-refractivity contribution in [2.24, 2.45) is 0 Å². The van der Waals surface area contributed by atoms with E-state index in [9.17, 15) is 4.79 Å². The predicted octanol–water partition coefficient (Wildman–Crippen LogP) is 2.02. The van der Waals surface area contributed by atoms with E-state index in [1.807, 2.05) is 64.8 Å². The molecule has 2 aliphatic heterocycles. The molecule has 0 spiro atoms. The highest BCUT2D eigenvalue weighted by molar-refractivity contribution is 5.66. The quantitative estimate of drug-likeness (QED) is 0.612. The Labute approximate surface area is 93.6 Å². The van der Waals surface area contributed by atoms with Gasteiger partial charge in [-0.3, -0.25) is 5.01 Å². The van der Waals surface area contributed by atoms with Crippen LogP contribution in [0.25, 0.3) is 0 Å². The summed E-state index contributed by atoms with van der Waals surface area (Å²) < 4.78 is 0. The summed E-state index contributed by atoms with van der Waals surface area (Å²) >= 11 is 0. The first-order valence-corrected chi connectivity index (χ1v) is 5.15. The van der Waals surface area contributed by atoms with Crippen molar-refractivity contribution < 1.29 is 4.79 Å². The van der Waals surface area contributed by atoms with E-state index in [2.05, 4.69) is 0 Å². The fraction of sp³-hybridized carbons (Fsp3) is 0.0769. The molecule has 0 unspecified atom stereocenters. The van der Waals surface area contributed by atoms with Gasteiger partial charge in [-0.05, 0) is 23.8 Å². The van der Waals surface area contributed by atoms with Crippen LogP contribution in [0.3, 0.4) is 0 Å². The molecule has 0 amide bonds. The number of hydrogen-bond acceptors (Lipinski definition) is 3. The number of anilines is 1. The average molecular weight is 210 g/mol. The molecule has 2 heterocycles. The van der Waals surface area contributed by atoms with Gasteiger partial charge >= 0.3 is 0 Å². The lowest BCUT2D eigenvalue weighted by molar-refractivity contribution is 0.436. The summed E-state index contributed by atoms with van der Waals surface area (Å²) in [5.41, 5.74) is 2.90. The van der Waals surface area contributed by atoms with Crippen LogP contribution in [0, 0.1) is 0 Å². The van der Waals surface area contributed by atoms with Gasteiger partial charge < -0.3 is 0 Å². The highest BCUT2D eigenvalue weighted by Gasteiger charge is 2.25. The largest absolute Gasteiger partial charge is 0.256 e. The molecule has 0 aromatic heterocycles. The summed E-state index contributed by atoms with van der Waals surface area (Å²) in [6.07, 6.45) is 8.29. The Kier molecular flexibility index (Phi) is 1.92. The zero-order valence-corrected chi connectivity index (χ0v) is 8.63. The van der Waals surface area contributed by atoms with E-state index in [1.165, 1.54) is 0 Å². The first kappa shape index (κ1) is 9.01. The molecule has 0 saturated heterocycles. The highest BCUT2D eigenvalue weighted by atomic mass is 16.1. The topological polar surface area (TPSA) is 23.6 Å². The van der Waals surface area contributed by atoms with Crippen molar-refractivity contribution in [2.75, 3.05) is 5.01 Å². The Bertz CT molecular complexity index is 539. The van der Waals surface area contributed by atoms with E-state index in [0.29, 0.717) is 12.1 Å². The van der Waals surface area contributed by atoms with E-state index in [4.69, 9.17) is 0 Å². The van der Waals surface area contributed by atoms with Crippen molar-refractivity contribution in [3.8, 4) is 0 Å². The maximum atomic E-state index is 10.9. The van der Waals surface area contributed by atoms with Gasteiger partial charge in [-0.25, -0.2) is 9.80 Å². The van der Waals surface area contributed by atoms with Crippen LogP contribution in [-0.4, -0.2) is 11.0 Å². The number of rotatable bonds is 0. The summed E-state index contributed by atoms with van der Waals surface area (Å²) in [4.78, 5) is 10.9. The molecule has 0 saturated carbocycles. The lowest BCUT2D eigenvalue weighted by Crippen LogP contribution is -2.40. The monoisotopic (exact) mass is 210 g/mol. The Morgan fingerprint density at radius 1 is 1.06 bits per heavy atom. The van der Waals surface area contributed by atoms with E-state index in [0.717, 1.165) is 11.3 Å². The molecule has 2 aliphatic rings. The number of allylic oxidation sites excluding steroid dienone is 3. The van der Waals surface area contributed by atoms with E-state index < -0.39 is 0 Å². The lowest BCUT2D eigenvalue weighted by Gasteiger charge is -2.39. The Morgan fingerprint density at radius 3 is 2.62 bits per heavy atom. The molecule has 0 atom stereocenters. The van der Waals surface area contributed by atoms with Gasteiger partial charge in [0.25, 0.3) is 0 Å². The maximum absolute atomic E-state index is 10.9. The third-order valence-corrected chi connectivity index (χ3v) is 2.79. The second-order valence-electron chi connectivity index (χ2n) is 3.73. The Morgan fingerprint density at radius 2 is 1.81 bits per heavy atom. The molecule has 3 rings (SSSR count). The smallest absolute Gasteiger partial charge is 0.148 e. The van der Waals surface area contributed by atoms with Crippen LogP contribution in [-0.2, 0) is 11.2 Å². The van der Waals surface area contributed by atoms with E-state index >= 15 is 0 Å². The third-order valence-electron chi connectivity index (χ3n) is 2.79. The van der Waals surface area contributed by atoms with E-state index in [-0.39, 0.29) is 0 Å². The predicted molar refractivity (Wildman–Crippen MR) is 62.0 cm³/mol. The molecule has 0 N–H and O–H groups in total. The van der Waals surface area contributed by atoms with E-state index in [1.54, 1.807) is 0 Å². The van der Waals surface area contributed by atoms with Crippen molar-refractivity contribution in [1.82, 2.24) is 5.01 Å². The van der Waals surface area contributed by atoms with Crippen LogP contribution in [0.4, 0.5) is 5.69 Å². The molecule has 1 aromatic carbocycles. The number of carbonyl (C=O) groups excluding carboxylic acids is 1. The summed E-state index contributed by atoms with van der Waals surface area (Å²) in [7, 11) is 0. The first-order valence-electron chi connectivity index (χ1n) is 5.15. The molecule has 0 bridgehead atoms. The molecule has 0 radical (unpaired) electrons. The lowest BCUT2D eigenvalue weighted by atomic mass is 10.0. The number of hydrazine groups is 1. The molecular weight excluding hydrogens is 200 g/mol. The van der Waals surface area contributed by atoms with Crippen molar-refractivity contribution in [1.29, 1.82) is 0 Å². The van der Waals surface area contributed by atoms with Gasteiger partial charge in [-0.1, -0.05) is 18.2 Å². The minimum atomic E-state index is 0.633. The molecule has 1 aromatic rings. The summed E-state index contributed by atoms with van der Waals surface area (Å²) in [5, 5.41) is 3.79. The Hall–Kier alpha value is -2.25. The number of hydrogen-bond donors (Lipinski definition) is 0. The number of para-hydroxylation sites is 1. The van der Waals surface area contributed by atoms with Gasteiger partial charge in [0, 0.05) is 18.8 Å². The van der Waals surface area contributed by atoms with Crippen molar-refractivity contribution in [3.05, 3.63) is 60.1 Å². The minimum absolute atomic E-state index is 0.633. The molecule has 0 fully saturated rings. The van der Waals surface area contributed by atoms with Gasteiger partial charge in [0.15, 0.2) is 0 Å². The second-order valence-corrected chi connectivity index (χ2v) is 3.73. The molecule has 3 nitrogen and oxygen atoms in total. The Balaban J connectivity index is 2.19. The van der Waals surface area contributed by atoms with Crippen LogP contribution in [0.1, 0.15) is 5.56 Å². The summed E-state index contributed by atoms with van der Waals surface area (Å²) in [5.74, 6) is 2.01. The number of fused-ring (bicyclic) bond motifs is 3.